The van der Waals surface area contributed by atoms with Crippen molar-refractivity contribution < 1.29 is 38.1 Å². The van der Waals surface area contributed by atoms with Crippen molar-refractivity contribution in [1.29, 1.82) is 0 Å². The number of carbonyl (C=O) groups is 4. The second-order valence-corrected chi connectivity index (χ2v) is 9.26. The molecule has 0 bridgehead atoms. The van der Waals surface area contributed by atoms with Crippen LogP contribution in [0.25, 0.3) is 0 Å². The molecule has 4 rings (SSSR count). The Bertz CT molecular complexity index is 926. The molecule has 8 heteroatoms. The fourth-order valence-electron chi connectivity index (χ4n) is 5.79. The van der Waals surface area contributed by atoms with E-state index in [-0.39, 0.29) is 48.1 Å². The lowest BCUT2D eigenvalue weighted by atomic mass is 9.75. The lowest BCUT2D eigenvalue weighted by molar-refractivity contribution is -0.152. The first-order valence-corrected chi connectivity index (χ1v) is 10.8. The molecule has 2 heterocycles. The van der Waals surface area contributed by atoms with Gasteiger partial charge in [0, 0.05) is 43.3 Å². The SMILES string of the molecule is C=C(COC(C)=O)C(=O)CC1CC(=C)C2CC(OC(C)=O)C3(CO3)C2C2OC(=O)C(=C)C12. The number of epoxide rings is 1. The van der Waals surface area contributed by atoms with E-state index < -0.39 is 35.7 Å². The zero-order valence-corrected chi connectivity index (χ0v) is 18.4. The van der Waals surface area contributed by atoms with Gasteiger partial charge in [0.1, 0.15) is 24.4 Å². The molecular weight excluding hydrogens is 416 g/mol. The summed E-state index contributed by atoms with van der Waals surface area (Å²) in [5.41, 5.74) is 0.740. The van der Waals surface area contributed by atoms with Crippen LogP contribution in [-0.4, -0.2) is 54.7 Å². The summed E-state index contributed by atoms with van der Waals surface area (Å²) in [6.45, 7) is 14.9. The van der Waals surface area contributed by atoms with E-state index in [2.05, 4.69) is 19.7 Å². The monoisotopic (exact) mass is 444 g/mol. The summed E-state index contributed by atoms with van der Waals surface area (Å²) in [7, 11) is 0. The highest BCUT2D eigenvalue weighted by Gasteiger charge is 2.72. The standard InChI is InChI=1S/C24H28O8/c1-11-6-16(7-18(27)12(2)9-29-14(4)25)20-13(3)23(28)32-22(20)21-17(11)8-19(31-15(5)26)24(21)10-30-24/h16-17,19-22H,1-3,6-10H2,4-5H3. The Hall–Kier alpha value is -2.74. The number of esters is 3. The molecule has 2 saturated carbocycles. The average Bonchev–Trinajstić information content (AvgIpc) is 3.38. The number of fused-ring (bicyclic) bond motifs is 4. The Morgan fingerprint density at radius 2 is 1.88 bits per heavy atom. The molecule has 2 aliphatic heterocycles. The molecule has 8 nitrogen and oxygen atoms in total. The lowest BCUT2D eigenvalue weighted by Gasteiger charge is -2.30. The first kappa shape index (κ1) is 22.5. The minimum atomic E-state index is -0.703. The van der Waals surface area contributed by atoms with Crippen LogP contribution in [0.15, 0.2) is 36.5 Å². The number of hydrogen-bond acceptors (Lipinski definition) is 8. The summed E-state index contributed by atoms with van der Waals surface area (Å²) in [4.78, 5) is 48.1. The Kier molecular flexibility index (Phi) is 5.61. The maximum absolute atomic E-state index is 12.8. The third-order valence-electron chi connectivity index (χ3n) is 7.26. The summed E-state index contributed by atoms with van der Waals surface area (Å²) in [6, 6.07) is 0. The van der Waals surface area contributed by atoms with Crippen molar-refractivity contribution in [3.05, 3.63) is 36.5 Å². The summed E-state index contributed by atoms with van der Waals surface area (Å²) in [6.07, 6.45) is 0.170. The van der Waals surface area contributed by atoms with E-state index in [1.54, 1.807) is 0 Å². The molecule has 0 amide bonds. The van der Waals surface area contributed by atoms with E-state index in [1.807, 2.05) is 0 Å². The minimum Gasteiger partial charge on any atom is -0.461 e. The fraction of sp³-hybridized carbons (Fsp3) is 0.583. The Balaban J connectivity index is 1.60. The lowest BCUT2D eigenvalue weighted by Crippen LogP contribution is -2.43. The van der Waals surface area contributed by atoms with Crippen molar-refractivity contribution in [2.75, 3.05) is 13.2 Å². The maximum atomic E-state index is 12.8. The van der Waals surface area contributed by atoms with Crippen molar-refractivity contribution in [2.24, 2.45) is 23.7 Å². The average molecular weight is 444 g/mol. The zero-order chi connectivity index (χ0) is 23.4. The number of hydrogen-bond donors (Lipinski definition) is 0. The molecule has 4 fully saturated rings. The number of rotatable bonds is 6. The van der Waals surface area contributed by atoms with Crippen molar-refractivity contribution >= 4 is 23.7 Å². The predicted octanol–water partition coefficient (Wildman–Crippen LogP) is 2.08. The van der Waals surface area contributed by atoms with Gasteiger partial charge < -0.3 is 18.9 Å². The molecule has 7 atom stereocenters. The molecule has 4 aliphatic rings. The van der Waals surface area contributed by atoms with Crippen molar-refractivity contribution in [3.8, 4) is 0 Å². The van der Waals surface area contributed by atoms with Crippen LogP contribution in [0.5, 0.6) is 0 Å². The van der Waals surface area contributed by atoms with E-state index in [4.69, 9.17) is 18.9 Å². The quantitative estimate of drug-likeness (QED) is 0.201. The van der Waals surface area contributed by atoms with Crippen LogP contribution in [0.4, 0.5) is 0 Å². The van der Waals surface area contributed by atoms with Gasteiger partial charge in [0.05, 0.1) is 6.61 Å². The highest BCUT2D eigenvalue weighted by Crippen LogP contribution is 2.61. The number of ketones is 1. The van der Waals surface area contributed by atoms with E-state index in [9.17, 15) is 19.2 Å². The van der Waals surface area contributed by atoms with Gasteiger partial charge in [0.25, 0.3) is 0 Å². The van der Waals surface area contributed by atoms with Gasteiger partial charge in [0.2, 0.25) is 0 Å². The van der Waals surface area contributed by atoms with Crippen LogP contribution in [0, 0.1) is 23.7 Å². The molecular formula is C24H28O8. The van der Waals surface area contributed by atoms with Crippen molar-refractivity contribution in [1.82, 2.24) is 0 Å². The summed E-state index contributed by atoms with van der Waals surface area (Å²) in [5, 5.41) is 0. The van der Waals surface area contributed by atoms with Crippen LogP contribution >= 0.6 is 0 Å². The number of allylic oxidation sites excluding steroid dienone is 1. The summed E-state index contributed by atoms with van der Waals surface area (Å²) in [5.74, 6) is -2.54. The molecule has 0 aromatic carbocycles. The second-order valence-electron chi connectivity index (χ2n) is 9.26. The molecule has 1 spiro atoms. The Morgan fingerprint density at radius 3 is 2.47 bits per heavy atom. The second kappa shape index (κ2) is 7.99. The third-order valence-corrected chi connectivity index (χ3v) is 7.26. The van der Waals surface area contributed by atoms with Gasteiger partial charge in [-0.25, -0.2) is 4.79 Å². The van der Waals surface area contributed by atoms with Gasteiger partial charge >= 0.3 is 17.9 Å². The predicted molar refractivity (Wildman–Crippen MR) is 111 cm³/mol. The molecule has 2 saturated heterocycles. The largest absolute Gasteiger partial charge is 0.461 e. The van der Waals surface area contributed by atoms with E-state index in [1.165, 1.54) is 13.8 Å². The highest BCUT2D eigenvalue weighted by atomic mass is 16.6. The van der Waals surface area contributed by atoms with Gasteiger partial charge in [-0.05, 0) is 24.7 Å². The molecule has 7 unspecified atom stereocenters. The number of Topliss-reactive ketones (excluding diaryl/α,β-unsaturated/α-hetero) is 1. The molecule has 0 aromatic rings. The van der Waals surface area contributed by atoms with E-state index in [0.29, 0.717) is 25.0 Å². The topological polar surface area (TPSA) is 109 Å². The van der Waals surface area contributed by atoms with Crippen molar-refractivity contribution in [2.45, 2.75) is 50.9 Å². The van der Waals surface area contributed by atoms with Crippen LogP contribution in [0.2, 0.25) is 0 Å². The fourth-order valence-corrected chi connectivity index (χ4v) is 5.79. The third kappa shape index (κ3) is 3.70. The smallest absolute Gasteiger partial charge is 0.334 e. The molecule has 0 radical (unpaired) electrons. The summed E-state index contributed by atoms with van der Waals surface area (Å²) >= 11 is 0. The van der Waals surface area contributed by atoms with E-state index >= 15 is 0 Å². The van der Waals surface area contributed by atoms with Crippen molar-refractivity contribution in [3.63, 3.8) is 0 Å². The zero-order valence-electron chi connectivity index (χ0n) is 18.4. The highest BCUT2D eigenvalue weighted by molar-refractivity contribution is 5.96. The van der Waals surface area contributed by atoms with Crippen LogP contribution in [-0.2, 0) is 38.1 Å². The molecule has 32 heavy (non-hydrogen) atoms. The molecule has 0 aromatic heterocycles. The van der Waals surface area contributed by atoms with Gasteiger partial charge in [-0.15, -0.1) is 0 Å². The van der Waals surface area contributed by atoms with Crippen LogP contribution < -0.4 is 0 Å². The minimum absolute atomic E-state index is 0.0719. The van der Waals surface area contributed by atoms with Gasteiger partial charge in [-0.2, -0.15) is 0 Å². The van der Waals surface area contributed by atoms with Crippen LogP contribution in [0.1, 0.15) is 33.1 Å². The Morgan fingerprint density at radius 1 is 1.19 bits per heavy atom. The normalized spacial score (nSPS) is 37.2. The van der Waals surface area contributed by atoms with Crippen LogP contribution in [0.3, 0.4) is 0 Å². The maximum Gasteiger partial charge on any atom is 0.334 e. The van der Waals surface area contributed by atoms with Gasteiger partial charge in [-0.1, -0.05) is 25.3 Å². The molecule has 0 N–H and O–H groups in total. The number of ether oxygens (including phenoxy) is 4. The van der Waals surface area contributed by atoms with E-state index in [0.717, 1.165) is 5.57 Å². The molecule has 172 valence electrons. The number of carbonyl (C=O) groups excluding carboxylic acids is 4. The first-order valence-electron chi connectivity index (χ1n) is 10.8. The Labute approximate surface area is 186 Å². The van der Waals surface area contributed by atoms with Gasteiger partial charge in [0.15, 0.2) is 5.78 Å². The van der Waals surface area contributed by atoms with Gasteiger partial charge in [-0.3, -0.25) is 14.4 Å². The first-order chi connectivity index (χ1) is 15.0. The molecule has 2 aliphatic carbocycles. The summed E-state index contributed by atoms with van der Waals surface area (Å²) < 4.78 is 22.1.